The monoisotopic (exact) mass is 241 g/mol. The summed E-state index contributed by atoms with van der Waals surface area (Å²) in [5, 5.41) is 0. The number of nitrogens with zero attached hydrogens (tertiary/aromatic N) is 3. The van der Waals surface area contributed by atoms with Crippen LogP contribution in [0.15, 0.2) is 6.07 Å². The van der Waals surface area contributed by atoms with Crippen LogP contribution in [0, 0.1) is 0 Å². The Labute approximate surface area is 99.9 Å². The Bertz CT molecular complexity index is 367. The number of anilines is 1. The number of aromatic nitrogens is 2. The third kappa shape index (κ3) is 2.70. The van der Waals surface area contributed by atoms with Crippen LogP contribution >= 0.6 is 0 Å². The minimum Gasteiger partial charge on any atom is -0.357 e. The first kappa shape index (κ1) is 12.2. The van der Waals surface area contributed by atoms with Crippen molar-refractivity contribution in [3.63, 3.8) is 0 Å². The van der Waals surface area contributed by atoms with E-state index in [0.29, 0.717) is 17.6 Å². The average molecular weight is 241 g/mol. The van der Waals surface area contributed by atoms with E-state index in [2.05, 4.69) is 9.97 Å². The fourth-order valence-electron chi connectivity index (χ4n) is 1.82. The Hall–Kier alpha value is -1.26. The maximum absolute atomic E-state index is 12.8. The number of halogens is 2. The predicted octanol–water partition coefficient (Wildman–Crippen LogP) is 3.14. The number of hydrogen-bond acceptors (Lipinski definition) is 3. The largest absolute Gasteiger partial charge is 0.357 e. The number of alkyl halides is 2. The molecular formula is C12H17F2N3. The van der Waals surface area contributed by atoms with E-state index < -0.39 is 6.43 Å². The Morgan fingerprint density at radius 1 is 1.29 bits per heavy atom. The van der Waals surface area contributed by atoms with Gasteiger partial charge in [0.05, 0.1) is 0 Å². The van der Waals surface area contributed by atoms with E-state index in [1.54, 1.807) is 0 Å². The molecule has 1 aliphatic carbocycles. The van der Waals surface area contributed by atoms with Crippen LogP contribution in [0.25, 0.3) is 0 Å². The molecule has 1 aromatic rings. The molecule has 5 heteroatoms. The molecule has 0 unspecified atom stereocenters. The van der Waals surface area contributed by atoms with Gasteiger partial charge in [0.25, 0.3) is 6.43 Å². The van der Waals surface area contributed by atoms with Crippen LogP contribution in [-0.4, -0.2) is 23.1 Å². The van der Waals surface area contributed by atoms with Gasteiger partial charge < -0.3 is 4.90 Å². The molecule has 0 amide bonds. The first-order valence-electron chi connectivity index (χ1n) is 6.07. The summed E-state index contributed by atoms with van der Waals surface area (Å²) in [6, 6.07) is 1.41. The molecule has 0 atom stereocenters. The summed E-state index contributed by atoms with van der Waals surface area (Å²) in [6.07, 6.45) is -0.487. The molecule has 0 N–H and O–H groups in total. The van der Waals surface area contributed by atoms with Gasteiger partial charge in [-0.05, 0) is 26.7 Å². The molecule has 0 radical (unpaired) electrons. The van der Waals surface area contributed by atoms with Crippen LogP contribution < -0.4 is 4.90 Å². The molecule has 0 saturated heterocycles. The molecule has 0 aromatic carbocycles. The SMILES string of the molecule is CCN(CC)c1cc(C(F)F)nc(C2CC2)n1. The van der Waals surface area contributed by atoms with Gasteiger partial charge in [0.1, 0.15) is 17.3 Å². The fraction of sp³-hybridized carbons (Fsp3) is 0.667. The molecule has 17 heavy (non-hydrogen) atoms. The highest BCUT2D eigenvalue weighted by atomic mass is 19.3. The number of rotatable bonds is 5. The summed E-state index contributed by atoms with van der Waals surface area (Å²) >= 11 is 0. The van der Waals surface area contributed by atoms with Crippen LogP contribution in [0.4, 0.5) is 14.6 Å². The van der Waals surface area contributed by atoms with Crippen LogP contribution in [0.3, 0.4) is 0 Å². The van der Waals surface area contributed by atoms with E-state index >= 15 is 0 Å². The van der Waals surface area contributed by atoms with Crippen molar-refractivity contribution in [3.8, 4) is 0 Å². The first-order chi connectivity index (χ1) is 8.15. The van der Waals surface area contributed by atoms with E-state index in [-0.39, 0.29) is 5.69 Å². The maximum Gasteiger partial charge on any atom is 0.280 e. The van der Waals surface area contributed by atoms with Crippen LogP contribution in [0.2, 0.25) is 0 Å². The van der Waals surface area contributed by atoms with Crippen LogP contribution in [0.1, 0.15) is 50.6 Å². The molecule has 1 fully saturated rings. The van der Waals surface area contributed by atoms with E-state index in [1.807, 2.05) is 18.7 Å². The van der Waals surface area contributed by atoms with Crippen LogP contribution in [0.5, 0.6) is 0 Å². The van der Waals surface area contributed by atoms with Crippen molar-refractivity contribution in [2.24, 2.45) is 0 Å². The van der Waals surface area contributed by atoms with Crippen molar-refractivity contribution in [2.45, 2.75) is 39.0 Å². The van der Waals surface area contributed by atoms with Crippen molar-refractivity contribution in [3.05, 3.63) is 17.6 Å². The fourth-order valence-corrected chi connectivity index (χ4v) is 1.82. The molecule has 1 aliphatic rings. The van der Waals surface area contributed by atoms with E-state index in [0.717, 1.165) is 25.9 Å². The number of hydrogen-bond donors (Lipinski definition) is 0. The predicted molar refractivity (Wildman–Crippen MR) is 62.5 cm³/mol. The molecular weight excluding hydrogens is 224 g/mol. The summed E-state index contributed by atoms with van der Waals surface area (Å²) in [5.41, 5.74) is -0.149. The highest BCUT2D eigenvalue weighted by Crippen LogP contribution is 2.39. The third-order valence-corrected chi connectivity index (χ3v) is 3.00. The van der Waals surface area contributed by atoms with Crippen LogP contribution in [-0.2, 0) is 0 Å². The molecule has 3 nitrogen and oxygen atoms in total. The first-order valence-corrected chi connectivity index (χ1v) is 6.07. The lowest BCUT2D eigenvalue weighted by Crippen LogP contribution is -2.24. The summed E-state index contributed by atoms with van der Waals surface area (Å²) in [7, 11) is 0. The molecule has 1 heterocycles. The van der Waals surface area contributed by atoms with Gasteiger partial charge in [0.2, 0.25) is 0 Å². The average Bonchev–Trinajstić information content (AvgIpc) is 3.14. The zero-order valence-corrected chi connectivity index (χ0v) is 10.2. The van der Waals surface area contributed by atoms with Gasteiger partial charge in [-0.15, -0.1) is 0 Å². The van der Waals surface area contributed by atoms with Crippen molar-refractivity contribution >= 4 is 5.82 Å². The molecule has 1 saturated carbocycles. The second-order valence-corrected chi connectivity index (χ2v) is 4.26. The Kier molecular flexibility index (Phi) is 3.54. The van der Waals surface area contributed by atoms with Gasteiger partial charge in [0, 0.05) is 25.1 Å². The highest BCUT2D eigenvalue weighted by Gasteiger charge is 2.28. The Morgan fingerprint density at radius 2 is 1.94 bits per heavy atom. The van der Waals surface area contributed by atoms with Gasteiger partial charge in [-0.1, -0.05) is 0 Å². The maximum atomic E-state index is 12.8. The normalized spacial score (nSPS) is 15.4. The van der Waals surface area contributed by atoms with Gasteiger partial charge >= 0.3 is 0 Å². The van der Waals surface area contributed by atoms with Crippen molar-refractivity contribution < 1.29 is 8.78 Å². The van der Waals surface area contributed by atoms with Gasteiger partial charge in [-0.2, -0.15) is 0 Å². The minimum absolute atomic E-state index is 0.149. The van der Waals surface area contributed by atoms with Crippen molar-refractivity contribution in [1.82, 2.24) is 9.97 Å². The third-order valence-electron chi connectivity index (χ3n) is 3.00. The van der Waals surface area contributed by atoms with Crippen molar-refractivity contribution in [1.29, 1.82) is 0 Å². The topological polar surface area (TPSA) is 29.0 Å². The lowest BCUT2D eigenvalue weighted by atomic mass is 10.3. The van der Waals surface area contributed by atoms with E-state index in [9.17, 15) is 8.78 Å². The second kappa shape index (κ2) is 4.94. The minimum atomic E-state index is -2.52. The van der Waals surface area contributed by atoms with Crippen molar-refractivity contribution in [2.75, 3.05) is 18.0 Å². The zero-order valence-electron chi connectivity index (χ0n) is 10.2. The molecule has 0 bridgehead atoms. The molecule has 1 aromatic heterocycles. The summed E-state index contributed by atoms with van der Waals surface area (Å²) < 4.78 is 25.5. The smallest absolute Gasteiger partial charge is 0.280 e. The standard InChI is InChI=1S/C12H17F2N3/c1-3-17(4-2)10-7-9(11(13)14)15-12(16-10)8-5-6-8/h7-8,11H,3-6H2,1-2H3. The lowest BCUT2D eigenvalue weighted by molar-refractivity contribution is 0.145. The van der Waals surface area contributed by atoms with Gasteiger partial charge in [0.15, 0.2) is 0 Å². The molecule has 94 valence electrons. The summed E-state index contributed by atoms with van der Waals surface area (Å²) in [4.78, 5) is 10.3. The Morgan fingerprint density at radius 3 is 2.41 bits per heavy atom. The highest BCUT2D eigenvalue weighted by molar-refractivity contribution is 5.40. The summed E-state index contributed by atoms with van der Waals surface area (Å²) in [6.45, 7) is 5.51. The molecule has 2 rings (SSSR count). The molecule has 0 spiro atoms. The van der Waals surface area contributed by atoms with Gasteiger partial charge in [-0.3, -0.25) is 0 Å². The second-order valence-electron chi connectivity index (χ2n) is 4.26. The quantitative estimate of drug-likeness (QED) is 0.793. The lowest BCUT2D eigenvalue weighted by Gasteiger charge is -2.20. The zero-order chi connectivity index (χ0) is 12.4. The summed E-state index contributed by atoms with van der Waals surface area (Å²) in [5.74, 6) is 1.51. The van der Waals surface area contributed by atoms with E-state index in [1.165, 1.54) is 6.07 Å². The Balaban J connectivity index is 2.36. The molecule has 0 aliphatic heterocycles. The van der Waals surface area contributed by atoms with Gasteiger partial charge in [-0.25, -0.2) is 18.7 Å². The van der Waals surface area contributed by atoms with E-state index in [4.69, 9.17) is 0 Å².